The summed E-state index contributed by atoms with van der Waals surface area (Å²) in [6.07, 6.45) is 4.49. The number of carbonyl (C=O) groups is 1. The molecule has 4 aromatic rings. The van der Waals surface area contributed by atoms with Crippen molar-refractivity contribution in [2.45, 2.75) is 99.4 Å². The van der Waals surface area contributed by atoms with E-state index in [1.807, 2.05) is 60.7 Å². The van der Waals surface area contributed by atoms with Crippen LogP contribution in [0.4, 0.5) is 0 Å². The molecule has 2 fully saturated rings. The predicted molar refractivity (Wildman–Crippen MR) is 210 cm³/mol. The minimum absolute atomic E-state index is 0.00708. The third kappa shape index (κ3) is 6.71. The summed E-state index contributed by atoms with van der Waals surface area (Å²) in [5.74, 6) is 5.08. The third-order valence-electron chi connectivity index (χ3n) is 12.0. The van der Waals surface area contributed by atoms with Crippen LogP contribution in [0.2, 0.25) is 0 Å². The fourth-order valence-electron chi connectivity index (χ4n) is 9.48. The predicted octanol–water partition coefficient (Wildman–Crippen LogP) is 6.74. The Labute approximate surface area is 316 Å². The Kier molecular flexibility index (Phi) is 10.3. The number of aliphatic carboxylic acids is 1. The van der Waals surface area contributed by atoms with Crippen molar-refractivity contribution in [2.24, 2.45) is 17.3 Å². The Morgan fingerprint density at radius 2 is 1.47 bits per heavy atom. The van der Waals surface area contributed by atoms with Gasteiger partial charge in [0.1, 0.15) is 16.5 Å². The Hall–Kier alpha value is -4.00. The number of sulfone groups is 1. The molecule has 0 saturated heterocycles. The molecule has 5 atom stereocenters. The lowest BCUT2D eigenvalue weighted by molar-refractivity contribution is -0.136. The molecule has 8 heteroatoms. The number of benzene rings is 4. The van der Waals surface area contributed by atoms with Crippen LogP contribution in [0.25, 0.3) is 0 Å². The summed E-state index contributed by atoms with van der Waals surface area (Å²) in [5, 5.41) is 23.5. The zero-order valence-electron chi connectivity index (χ0n) is 30.8. The molecule has 3 aliphatic carbocycles. The maximum atomic E-state index is 16.0. The molecule has 2 saturated carbocycles. The molecule has 5 unspecified atom stereocenters. The van der Waals surface area contributed by atoms with Gasteiger partial charge in [0.25, 0.3) is 9.04 Å². The van der Waals surface area contributed by atoms with E-state index in [9.17, 15) is 15.0 Å². The molecule has 0 aromatic heterocycles. The number of aliphatic hydroxyl groups excluding tert-OH is 1. The molecule has 0 bridgehead atoms. The van der Waals surface area contributed by atoms with Gasteiger partial charge in [-0.15, -0.1) is 0 Å². The number of rotatable bonds is 9. The van der Waals surface area contributed by atoms with E-state index in [1.165, 1.54) is 0 Å². The molecule has 0 spiro atoms. The highest BCUT2D eigenvalue weighted by Crippen LogP contribution is 2.67. The summed E-state index contributed by atoms with van der Waals surface area (Å²) < 4.78 is 38.2. The summed E-state index contributed by atoms with van der Waals surface area (Å²) in [7, 11) is -6.39. The van der Waals surface area contributed by atoms with Crippen LogP contribution in [0.1, 0.15) is 81.9 Å². The van der Waals surface area contributed by atoms with Gasteiger partial charge in [0.15, 0.2) is 9.84 Å². The van der Waals surface area contributed by atoms with Gasteiger partial charge < -0.3 is 14.6 Å². The number of aliphatic hydroxyl groups is 1. The zero-order chi connectivity index (χ0) is 37.4. The number of hydrogen-bond donors (Lipinski definition) is 2. The lowest BCUT2D eigenvalue weighted by Gasteiger charge is -2.49. The molecule has 7 rings (SSSR count). The average Bonchev–Trinajstić information content (AvgIpc) is 3.65. The highest BCUT2D eigenvalue weighted by molar-refractivity contribution is 7.93. The van der Waals surface area contributed by atoms with E-state index in [0.717, 1.165) is 53.6 Å². The lowest BCUT2D eigenvalue weighted by Crippen LogP contribution is -2.66. The van der Waals surface area contributed by atoms with Crippen LogP contribution in [0.3, 0.4) is 0 Å². The van der Waals surface area contributed by atoms with Crippen molar-refractivity contribution in [1.29, 1.82) is 0 Å². The SMILES string of the molecule is CC(C)(C)C1CC2c3cc(CC(=O)O)ccc3CC2(S(=O)(=O)c2ccccc2)C1(C#CC(O)C1CCCCC1)O[Si](c1ccccc1)c1ccccc1. The molecular weight excluding hydrogens is 697 g/mol. The summed E-state index contributed by atoms with van der Waals surface area (Å²) in [5.41, 5.74) is 0.295. The molecule has 0 amide bonds. The van der Waals surface area contributed by atoms with Crippen LogP contribution in [-0.2, 0) is 31.9 Å². The van der Waals surface area contributed by atoms with Gasteiger partial charge in [-0.2, -0.15) is 0 Å². The molecule has 2 N–H and O–H groups in total. The minimum atomic E-state index is -4.23. The van der Waals surface area contributed by atoms with E-state index in [1.54, 1.807) is 24.3 Å². The van der Waals surface area contributed by atoms with Gasteiger partial charge in [0, 0.05) is 11.8 Å². The molecule has 4 aromatic carbocycles. The van der Waals surface area contributed by atoms with Gasteiger partial charge in [-0.05, 0) is 76.2 Å². The number of carboxylic acid groups (broad SMARTS) is 1. The highest BCUT2D eigenvalue weighted by atomic mass is 32.2. The third-order valence-corrected chi connectivity index (χ3v) is 16.8. The van der Waals surface area contributed by atoms with Gasteiger partial charge in [0.05, 0.1) is 11.3 Å². The summed E-state index contributed by atoms with van der Waals surface area (Å²) in [6, 6.07) is 34.4. The van der Waals surface area contributed by atoms with Gasteiger partial charge >= 0.3 is 5.97 Å². The summed E-state index contributed by atoms with van der Waals surface area (Å²) >= 11 is 0. The van der Waals surface area contributed by atoms with Crippen LogP contribution < -0.4 is 10.4 Å². The number of hydrogen-bond acceptors (Lipinski definition) is 5. The topological polar surface area (TPSA) is 101 Å². The van der Waals surface area contributed by atoms with Crippen LogP contribution in [0, 0.1) is 29.1 Å². The van der Waals surface area contributed by atoms with Crippen LogP contribution in [-0.4, -0.2) is 50.1 Å². The quantitative estimate of drug-likeness (QED) is 0.146. The second-order valence-electron chi connectivity index (χ2n) is 16.2. The molecule has 0 heterocycles. The minimum Gasteiger partial charge on any atom is -0.481 e. The summed E-state index contributed by atoms with van der Waals surface area (Å²) in [6.45, 7) is 6.41. The number of fused-ring (bicyclic) bond motifs is 3. The lowest BCUT2D eigenvalue weighted by atomic mass is 9.69. The van der Waals surface area contributed by atoms with E-state index in [4.69, 9.17) is 4.43 Å². The first kappa shape index (κ1) is 37.3. The van der Waals surface area contributed by atoms with Crippen molar-refractivity contribution in [3.8, 4) is 11.8 Å². The maximum Gasteiger partial charge on any atom is 0.307 e. The molecule has 1 radical (unpaired) electrons. The zero-order valence-corrected chi connectivity index (χ0v) is 32.6. The van der Waals surface area contributed by atoms with E-state index < -0.39 is 52.6 Å². The van der Waals surface area contributed by atoms with Gasteiger partial charge in [0.2, 0.25) is 0 Å². The Bertz CT molecular complexity index is 2060. The van der Waals surface area contributed by atoms with E-state index in [-0.39, 0.29) is 29.6 Å². The number of carboxylic acids is 1. The van der Waals surface area contributed by atoms with Crippen molar-refractivity contribution in [2.75, 3.05) is 0 Å². The average molecular weight is 746 g/mol. The van der Waals surface area contributed by atoms with Crippen LogP contribution in [0.15, 0.2) is 114 Å². The largest absolute Gasteiger partial charge is 0.481 e. The monoisotopic (exact) mass is 745 g/mol. The van der Waals surface area contributed by atoms with Crippen molar-refractivity contribution in [3.63, 3.8) is 0 Å². The molecule has 3 aliphatic rings. The molecule has 0 aliphatic heterocycles. The normalized spacial score (nSPS) is 24.9. The van der Waals surface area contributed by atoms with E-state index >= 15 is 8.42 Å². The Balaban J connectivity index is 1.55. The Morgan fingerprint density at radius 1 is 0.887 bits per heavy atom. The van der Waals surface area contributed by atoms with Crippen molar-refractivity contribution in [3.05, 3.63) is 126 Å². The maximum absolute atomic E-state index is 16.0. The van der Waals surface area contributed by atoms with Crippen molar-refractivity contribution < 1.29 is 27.9 Å². The first-order valence-electron chi connectivity index (χ1n) is 18.9. The smallest absolute Gasteiger partial charge is 0.307 e. The van der Waals surface area contributed by atoms with Gasteiger partial charge in [-0.3, -0.25) is 4.79 Å². The molecule has 6 nitrogen and oxygen atoms in total. The fraction of sp³-hybridized carbons (Fsp3) is 0.400. The second-order valence-corrected chi connectivity index (χ2v) is 20.4. The van der Waals surface area contributed by atoms with Crippen molar-refractivity contribution in [1.82, 2.24) is 0 Å². The van der Waals surface area contributed by atoms with Crippen LogP contribution in [0.5, 0.6) is 0 Å². The van der Waals surface area contributed by atoms with Crippen molar-refractivity contribution >= 4 is 35.2 Å². The molecule has 275 valence electrons. The summed E-state index contributed by atoms with van der Waals surface area (Å²) in [4.78, 5) is 12.1. The second kappa shape index (κ2) is 14.7. The first-order valence-corrected chi connectivity index (χ1v) is 21.8. The van der Waals surface area contributed by atoms with E-state index in [2.05, 4.69) is 56.9 Å². The Morgan fingerprint density at radius 3 is 2.04 bits per heavy atom. The van der Waals surface area contributed by atoms with E-state index in [0.29, 0.717) is 12.0 Å². The standard InChI is InChI=1S/C45H49O6SSi/c1-43(2,3)41-30-39-38-28-32(29-42(47)48)24-25-34(38)31-45(39,52(49,50)35-18-10-5-11-19-35)44(41,27-26-40(46)33-16-8-4-9-17-33)51-53(36-20-12-6-13-21-36)37-22-14-7-15-23-37/h5-7,10-15,18-25,28,33,39-41,46H,4,8-9,16-17,29-31H2,1-3H3,(H,47,48). The van der Waals surface area contributed by atoms with Gasteiger partial charge in [-0.1, -0.05) is 149 Å². The first-order chi connectivity index (χ1) is 25.4. The molecule has 53 heavy (non-hydrogen) atoms. The molecular formula is C45H49O6SSi. The highest BCUT2D eigenvalue weighted by Gasteiger charge is 2.76. The van der Waals surface area contributed by atoms with Crippen LogP contribution >= 0.6 is 0 Å². The van der Waals surface area contributed by atoms with Gasteiger partial charge in [-0.25, -0.2) is 8.42 Å². The fourth-order valence-corrected chi connectivity index (χ4v) is 14.3.